The van der Waals surface area contributed by atoms with Crippen molar-refractivity contribution >= 4 is 11.8 Å². The maximum atomic E-state index is 14.2. The third-order valence-electron chi connectivity index (χ3n) is 4.30. The Morgan fingerprint density at radius 1 is 1.21 bits per heavy atom. The second-order valence-corrected chi connectivity index (χ2v) is 8.20. The number of aryl methyl sites for hydroxylation is 1. The molecule has 0 N–H and O–H groups in total. The number of benzene rings is 1. The molecule has 0 radical (unpaired) electrons. The van der Waals surface area contributed by atoms with Crippen LogP contribution in [-0.4, -0.2) is 16.8 Å². The van der Waals surface area contributed by atoms with Crippen molar-refractivity contribution in [3.63, 3.8) is 0 Å². The predicted octanol–water partition coefficient (Wildman–Crippen LogP) is 5.61. The molecule has 2 atom stereocenters. The second kappa shape index (κ2) is 7.24. The molecule has 3 rings (SSSR count). The van der Waals surface area contributed by atoms with Crippen molar-refractivity contribution in [2.75, 3.05) is 6.61 Å². The van der Waals surface area contributed by atoms with Crippen molar-refractivity contribution < 1.29 is 9.13 Å². The molecule has 2 aromatic rings. The van der Waals surface area contributed by atoms with Gasteiger partial charge in [0.1, 0.15) is 11.8 Å². The van der Waals surface area contributed by atoms with Crippen molar-refractivity contribution in [2.24, 2.45) is 0 Å². The second-order valence-electron chi connectivity index (χ2n) is 6.83. The highest BCUT2D eigenvalue weighted by Crippen LogP contribution is 2.38. The van der Waals surface area contributed by atoms with Crippen LogP contribution in [0.3, 0.4) is 0 Å². The molecule has 0 saturated carbocycles. The summed E-state index contributed by atoms with van der Waals surface area (Å²) in [5.74, 6) is 0. The van der Waals surface area contributed by atoms with Gasteiger partial charge in [-0.15, -0.1) is 11.8 Å². The van der Waals surface area contributed by atoms with E-state index in [9.17, 15) is 4.39 Å². The van der Waals surface area contributed by atoms with Crippen molar-refractivity contribution in [3.8, 4) is 0 Å². The quantitative estimate of drug-likeness (QED) is 0.719. The van der Waals surface area contributed by atoms with Gasteiger partial charge in [-0.2, -0.15) is 0 Å². The Hall–Kier alpha value is -1.39. The molecule has 0 amide bonds. The molecule has 0 aliphatic carbocycles. The summed E-state index contributed by atoms with van der Waals surface area (Å²) in [5.41, 5.74) is 1.46. The van der Waals surface area contributed by atoms with Crippen LogP contribution in [0.5, 0.6) is 0 Å². The molecule has 1 saturated heterocycles. The minimum absolute atomic E-state index is 0.0527. The van der Waals surface area contributed by atoms with Crippen LogP contribution in [0.2, 0.25) is 0 Å². The van der Waals surface area contributed by atoms with Crippen LogP contribution in [0.15, 0.2) is 47.4 Å². The lowest BCUT2D eigenvalue weighted by atomic mass is 10.0. The number of nitrogens with zero attached hydrogens (tertiary/aromatic N) is 1. The van der Waals surface area contributed by atoms with E-state index in [1.54, 1.807) is 13.8 Å². The summed E-state index contributed by atoms with van der Waals surface area (Å²) in [6.45, 7) is 5.95. The largest absolute Gasteiger partial charge is 0.372 e. The lowest BCUT2D eigenvalue weighted by Gasteiger charge is -2.29. The fraction of sp³-hybridized carbons (Fsp3) is 0.450. The number of ether oxygens (including phenoxy) is 1. The molecule has 1 aromatic heterocycles. The van der Waals surface area contributed by atoms with Crippen molar-refractivity contribution in [1.82, 2.24) is 4.98 Å². The summed E-state index contributed by atoms with van der Waals surface area (Å²) >= 11 is 1.82. The zero-order valence-electron chi connectivity index (χ0n) is 14.5. The van der Waals surface area contributed by atoms with Crippen LogP contribution in [0.1, 0.15) is 49.7 Å². The number of halogens is 1. The smallest absolute Gasteiger partial charge is 0.130 e. The first-order valence-electron chi connectivity index (χ1n) is 8.43. The summed E-state index contributed by atoms with van der Waals surface area (Å²) in [4.78, 5) is 5.73. The van der Waals surface area contributed by atoms with Gasteiger partial charge in [0.15, 0.2) is 0 Å². The molecule has 128 valence electrons. The Balaban J connectivity index is 1.70. The summed E-state index contributed by atoms with van der Waals surface area (Å²) in [7, 11) is 0. The molecule has 1 fully saturated rings. The molecule has 2 nitrogen and oxygen atoms in total. The molecule has 24 heavy (non-hydrogen) atoms. The fourth-order valence-corrected chi connectivity index (χ4v) is 4.18. The summed E-state index contributed by atoms with van der Waals surface area (Å²) in [6, 6.07) is 13.9. The molecule has 1 aliphatic heterocycles. The van der Waals surface area contributed by atoms with E-state index in [1.807, 2.05) is 55.1 Å². The molecular formula is C20H24FNOS. The Morgan fingerprint density at radius 2 is 2.00 bits per heavy atom. The molecule has 2 unspecified atom stereocenters. The van der Waals surface area contributed by atoms with Gasteiger partial charge >= 0.3 is 0 Å². The van der Waals surface area contributed by atoms with E-state index in [-0.39, 0.29) is 6.10 Å². The number of rotatable bonds is 4. The number of hydrogen-bond acceptors (Lipinski definition) is 3. The molecule has 1 aliphatic rings. The fourth-order valence-electron chi connectivity index (χ4n) is 2.95. The number of thioether (sulfide) groups is 1. The number of alkyl halides is 1. The van der Waals surface area contributed by atoms with Crippen LogP contribution < -0.4 is 0 Å². The van der Waals surface area contributed by atoms with Gasteiger partial charge < -0.3 is 4.74 Å². The lowest BCUT2D eigenvalue weighted by molar-refractivity contribution is 0.0151. The van der Waals surface area contributed by atoms with Crippen molar-refractivity contribution in [1.29, 1.82) is 0 Å². The molecule has 1 aromatic carbocycles. The van der Waals surface area contributed by atoms with E-state index < -0.39 is 5.67 Å². The van der Waals surface area contributed by atoms with Crippen molar-refractivity contribution in [3.05, 3.63) is 59.4 Å². The summed E-state index contributed by atoms with van der Waals surface area (Å²) in [6.07, 6.45) is 2.00. The Morgan fingerprint density at radius 3 is 2.75 bits per heavy atom. The van der Waals surface area contributed by atoms with Gasteiger partial charge in [-0.05, 0) is 63.4 Å². The maximum absolute atomic E-state index is 14.2. The topological polar surface area (TPSA) is 22.1 Å². The third-order valence-corrected chi connectivity index (χ3v) is 5.59. The molecule has 4 heteroatoms. The lowest BCUT2D eigenvalue weighted by Crippen LogP contribution is -2.22. The highest BCUT2D eigenvalue weighted by Gasteiger charge is 2.26. The maximum Gasteiger partial charge on any atom is 0.130 e. The van der Waals surface area contributed by atoms with Crippen LogP contribution in [0.4, 0.5) is 4.39 Å². The Kier molecular flexibility index (Phi) is 5.26. The standard InChI is InChI=1S/C20H24FNOS/c1-14-6-4-9-18(22-14)19-13-17(10-11-23-19)24-16-8-5-7-15(12-16)20(2,3)21/h4-9,12,17,19H,10-11,13H2,1-3H3. The average Bonchev–Trinajstić information content (AvgIpc) is 2.55. The predicted molar refractivity (Wildman–Crippen MR) is 97.1 cm³/mol. The zero-order chi connectivity index (χ0) is 17.2. The summed E-state index contributed by atoms with van der Waals surface area (Å²) in [5, 5.41) is 0.462. The molecule has 2 heterocycles. The van der Waals surface area contributed by atoms with Crippen LogP contribution in [0, 0.1) is 6.92 Å². The van der Waals surface area contributed by atoms with E-state index in [2.05, 4.69) is 11.1 Å². The number of pyridine rings is 1. The Bertz CT molecular complexity index is 698. The first-order chi connectivity index (χ1) is 11.4. The average molecular weight is 345 g/mol. The van der Waals surface area contributed by atoms with Gasteiger partial charge in [-0.3, -0.25) is 4.98 Å². The SMILES string of the molecule is Cc1cccc(C2CC(Sc3cccc(C(C)(C)F)c3)CCO2)n1. The van der Waals surface area contributed by atoms with Gasteiger partial charge in [0.25, 0.3) is 0 Å². The monoisotopic (exact) mass is 345 g/mol. The van der Waals surface area contributed by atoms with E-state index in [0.29, 0.717) is 5.25 Å². The van der Waals surface area contributed by atoms with Gasteiger partial charge in [0.05, 0.1) is 5.69 Å². The van der Waals surface area contributed by atoms with E-state index in [1.165, 1.54) is 0 Å². The number of hydrogen-bond donors (Lipinski definition) is 0. The number of aromatic nitrogens is 1. The van der Waals surface area contributed by atoms with Crippen molar-refractivity contribution in [2.45, 2.75) is 55.5 Å². The highest BCUT2D eigenvalue weighted by molar-refractivity contribution is 8.00. The van der Waals surface area contributed by atoms with Gasteiger partial charge in [0, 0.05) is 22.4 Å². The Labute approximate surface area is 147 Å². The van der Waals surface area contributed by atoms with Gasteiger partial charge in [0.2, 0.25) is 0 Å². The van der Waals surface area contributed by atoms with Crippen LogP contribution in [0.25, 0.3) is 0 Å². The van der Waals surface area contributed by atoms with Crippen LogP contribution in [-0.2, 0) is 10.4 Å². The summed E-state index contributed by atoms with van der Waals surface area (Å²) < 4.78 is 20.1. The van der Waals surface area contributed by atoms with E-state index in [4.69, 9.17) is 4.74 Å². The minimum Gasteiger partial charge on any atom is -0.372 e. The first kappa shape index (κ1) is 17.4. The minimum atomic E-state index is -1.31. The van der Waals surface area contributed by atoms with Gasteiger partial charge in [-0.1, -0.05) is 18.2 Å². The highest BCUT2D eigenvalue weighted by atomic mass is 32.2. The zero-order valence-corrected chi connectivity index (χ0v) is 15.3. The van der Waals surface area contributed by atoms with E-state index in [0.717, 1.165) is 41.3 Å². The molecule has 0 bridgehead atoms. The first-order valence-corrected chi connectivity index (χ1v) is 9.31. The normalized spacial score (nSPS) is 21.7. The molecular weight excluding hydrogens is 321 g/mol. The van der Waals surface area contributed by atoms with Crippen LogP contribution >= 0.6 is 11.8 Å². The van der Waals surface area contributed by atoms with E-state index >= 15 is 0 Å². The van der Waals surface area contributed by atoms with Gasteiger partial charge in [-0.25, -0.2) is 4.39 Å². The third kappa shape index (κ3) is 4.37. The molecule has 0 spiro atoms.